The lowest BCUT2D eigenvalue weighted by Crippen LogP contribution is -2.27. The molecule has 0 saturated carbocycles. The lowest BCUT2D eigenvalue weighted by Gasteiger charge is -2.15. The first-order valence-electron chi connectivity index (χ1n) is 4.57. The molecule has 0 spiro atoms. The number of carbonyl (C=O) groups excluding carboxylic acids is 1. The van der Waals surface area contributed by atoms with Crippen LogP contribution in [0.3, 0.4) is 0 Å². The zero-order valence-electron chi connectivity index (χ0n) is 8.65. The van der Waals surface area contributed by atoms with Crippen molar-refractivity contribution in [1.82, 2.24) is 5.06 Å². The zero-order valence-corrected chi connectivity index (χ0v) is 11.0. The first-order valence-corrected chi connectivity index (χ1v) is 5.86. The van der Waals surface area contributed by atoms with E-state index in [1.54, 1.807) is 31.2 Å². The van der Waals surface area contributed by atoms with Gasteiger partial charge in [-0.25, -0.2) is 5.06 Å². The molecular formula is C11H11BrClNO2. The fourth-order valence-electron chi connectivity index (χ4n) is 1.11. The Labute approximate surface area is 107 Å². The van der Waals surface area contributed by atoms with E-state index in [2.05, 4.69) is 15.9 Å². The number of amides is 1. The maximum atomic E-state index is 11.5. The van der Waals surface area contributed by atoms with Crippen LogP contribution in [0, 0.1) is 0 Å². The van der Waals surface area contributed by atoms with Crippen molar-refractivity contribution in [2.45, 2.75) is 13.5 Å². The fourth-order valence-corrected chi connectivity index (χ4v) is 1.50. The fraction of sp³-hybridized carbons (Fsp3) is 0.182. The van der Waals surface area contributed by atoms with Crippen molar-refractivity contribution >= 4 is 33.4 Å². The van der Waals surface area contributed by atoms with Gasteiger partial charge in [-0.2, -0.15) is 0 Å². The number of hydroxylamine groups is 2. The Morgan fingerprint density at radius 3 is 2.75 bits per heavy atom. The van der Waals surface area contributed by atoms with E-state index in [1.807, 2.05) is 0 Å². The molecule has 1 N–H and O–H groups in total. The summed E-state index contributed by atoms with van der Waals surface area (Å²) < 4.78 is 0. The van der Waals surface area contributed by atoms with E-state index in [-0.39, 0.29) is 6.54 Å². The summed E-state index contributed by atoms with van der Waals surface area (Å²) in [7, 11) is 0. The van der Waals surface area contributed by atoms with Crippen LogP contribution in [0.1, 0.15) is 12.5 Å². The van der Waals surface area contributed by atoms with E-state index in [4.69, 9.17) is 11.6 Å². The van der Waals surface area contributed by atoms with Crippen LogP contribution >= 0.6 is 27.5 Å². The SMILES string of the molecule is C/C(=C\Br)C(=O)N(O)Cc1ccccc1Cl. The first kappa shape index (κ1) is 13.2. The molecular weight excluding hydrogens is 293 g/mol. The normalized spacial score (nSPS) is 11.4. The number of hydrogen-bond acceptors (Lipinski definition) is 2. The number of benzene rings is 1. The Balaban J connectivity index is 2.76. The van der Waals surface area contributed by atoms with Crippen molar-refractivity contribution in [2.75, 3.05) is 0 Å². The molecule has 0 aliphatic heterocycles. The van der Waals surface area contributed by atoms with Gasteiger partial charge < -0.3 is 0 Å². The minimum atomic E-state index is -0.461. The Hall–Kier alpha value is -0.840. The highest BCUT2D eigenvalue weighted by Crippen LogP contribution is 2.17. The molecule has 1 rings (SSSR count). The van der Waals surface area contributed by atoms with Crippen molar-refractivity contribution in [1.29, 1.82) is 0 Å². The van der Waals surface area contributed by atoms with Crippen LogP contribution in [-0.2, 0) is 11.3 Å². The second-order valence-electron chi connectivity index (χ2n) is 3.25. The van der Waals surface area contributed by atoms with E-state index >= 15 is 0 Å². The van der Waals surface area contributed by atoms with Crippen LogP contribution < -0.4 is 0 Å². The van der Waals surface area contributed by atoms with Gasteiger partial charge in [0.1, 0.15) is 0 Å². The zero-order chi connectivity index (χ0) is 12.1. The van der Waals surface area contributed by atoms with Crippen molar-refractivity contribution in [3.63, 3.8) is 0 Å². The standard InChI is InChI=1S/C11H11BrClNO2/c1-8(6-12)11(15)14(16)7-9-4-2-3-5-10(9)13/h2-6,16H,7H2,1H3/b8-6+. The molecule has 0 heterocycles. The van der Waals surface area contributed by atoms with Crippen LogP contribution in [0.15, 0.2) is 34.8 Å². The highest BCUT2D eigenvalue weighted by molar-refractivity contribution is 9.11. The summed E-state index contributed by atoms with van der Waals surface area (Å²) in [6.45, 7) is 1.67. The van der Waals surface area contributed by atoms with Crippen LogP contribution in [0.25, 0.3) is 0 Å². The van der Waals surface area contributed by atoms with Gasteiger partial charge in [-0.05, 0) is 23.5 Å². The van der Waals surface area contributed by atoms with Crippen molar-refractivity contribution in [3.05, 3.63) is 45.4 Å². The number of nitrogens with zero attached hydrogens (tertiary/aromatic N) is 1. The van der Waals surface area contributed by atoms with Gasteiger partial charge in [-0.15, -0.1) is 0 Å². The minimum absolute atomic E-state index is 0.0662. The Morgan fingerprint density at radius 1 is 1.56 bits per heavy atom. The maximum Gasteiger partial charge on any atom is 0.273 e. The third kappa shape index (κ3) is 3.33. The minimum Gasteiger partial charge on any atom is -0.285 e. The molecule has 0 atom stereocenters. The molecule has 5 heteroatoms. The summed E-state index contributed by atoms with van der Waals surface area (Å²) >= 11 is 8.95. The molecule has 1 aromatic rings. The monoisotopic (exact) mass is 303 g/mol. The maximum absolute atomic E-state index is 11.5. The molecule has 0 radical (unpaired) electrons. The van der Waals surface area contributed by atoms with Gasteiger partial charge in [0.2, 0.25) is 0 Å². The Kier molecular flexibility index (Phi) is 4.99. The largest absolute Gasteiger partial charge is 0.285 e. The van der Waals surface area contributed by atoms with Gasteiger partial charge in [-0.3, -0.25) is 10.0 Å². The van der Waals surface area contributed by atoms with E-state index in [0.717, 1.165) is 0 Å². The molecule has 3 nitrogen and oxygen atoms in total. The molecule has 16 heavy (non-hydrogen) atoms. The molecule has 0 bridgehead atoms. The lowest BCUT2D eigenvalue weighted by atomic mass is 10.2. The van der Waals surface area contributed by atoms with Gasteiger partial charge in [0.05, 0.1) is 6.54 Å². The van der Waals surface area contributed by atoms with E-state index in [0.29, 0.717) is 21.2 Å². The third-order valence-electron chi connectivity index (χ3n) is 2.01. The van der Waals surface area contributed by atoms with Gasteiger partial charge in [0, 0.05) is 10.6 Å². The average Bonchev–Trinajstić information content (AvgIpc) is 2.30. The summed E-state index contributed by atoms with van der Waals surface area (Å²) in [5.74, 6) is -0.461. The van der Waals surface area contributed by atoms with Crippen LogP contribution in [0.2, 0.25) is 5.02 Å². The molecule has 0 saturated heterocycles. The van der Waals surface area contributed by atoms with E-state index in [9.17, 15) is 10.0 Å². The summed E-state index contributed by atoms with van der Waals surface area (Å²) in [4.78, 5) is 13.0. The van der Waals surface area contributed by atoms with Crippen molar-refractivity contribution < 1.29 is 10.0 Å². The second-order valence-corrected chi connectivity index (χ2v) is 4.11. The molecule has 1 aromatic carbocycles. The van der Waals surface area contributed by atoms with Crippen LogP contribution in [-0.4, -0.2) is 16.2 Å². The number of halogens is 2. The topological polar surface area (TPSA) is 40.5 Å². The molecule has 0 aliphatic rings. The number of hydrogen-bond donors (Lipinski definition) is 1. The van der Waals surface area contributed by atoms with Crippen LogP contribution in [0.5, 0.6) is 0 Å². The van der Waals surface area contributed by atoms with Gasteiger partial charge in [0.15, 0.2) is 0 Å². The van der Waals surface area contributed by atoms with Gasteiger partial charge >= 0.3 is 0 Å². The van der Waals surface area contributed by atoms with Crippen LogP contribution in [0.4, 0.5) is 0 Å². The highest BCUT2D eigenvalue weighted by atomic mass is 79.9. The predicted molar refractivity (Wildman–Crippen MR) is 66.5 cm³/mol. The number of carbonyl (C=O) groups is 1. The molecule has 0 aliphatic carbocycles. The first-order chi connectivity index (χ1) is 7.56. The Bertz CT molecular complexity index is 420. The van der Waals surface area contributed by atoms with Gasteiger partial charge in [0.25, 0.3) is 5.91 Å². The smallest absolute Gasteiger partial charge is 0.273 e. The molecule has 0 fully saturated rings. The second kappa shape index (κ2) is 6.03. The van der Waals surface area contributed by atoms with E-state index < -0.39 is 5.91 Å². The third-order valence-corrected chi connectivity index (χ3v) is 3.07. The molecule has 86 valence electrons. The van der Waals surface area contributed by atoms with Gasteiger partial charge in [-0.1, -0.05) is 45.7 Å². The quantitative estimate of drug-likeness (QED) is 0.528. The summed E-state index contributed by atoms with van der Waals surface area (Å²) in [6, 6.07) is 7.06. The lowest BCUT2D eigenvalue weighted by molar-refractivity contribution is -0.163. The number of rotatable bonds is 3. The van der Waals surface area contributed by atoms with E-state index in [1.165, 1.54) is 4.99 Å². The highest BCUT2D eigenvalue weighted by Gasteiger charge is 2.14. The van der Waals surface area contributed by atoms with Crippen molar-refractivity contribution in [3.8, 4) is 0 Å². The van der Waals surface area contributed by atoms with Crippen molar-refractivity contribution in [2.24, 2.45) is 0 Å². The predicted octanol–water partition coefficient (Wildman–Crippen LogP) is 3.36. The summed E-state index contributed by atoms with van der Waals surface area (Å²) in [6.07, 6.45) is 0. The summed E-state index contributed by atoms with van der Waals surface area (Å²) in [5, 5.41) is 10.7. The molecule has 0 aromatic heterocycles. The molecule has 1 amide bonds. The average molecular weight is 305 g/mol. The Morgan fingerprint density at radius 2 is 2.19 bits per heavy atom. The molecule has 0 unspecified atom stereocenters. The summed E-state index contributed by atoms with van der Waals surface area (Å²) in [5.41, 5.74) is 1.11.